The van der Waals surface area contributed by atoms with Gasteiger partial charge in [-0.25, -0.2) is 4.79 Å². The van der Waals surface area contributed by atoms with E-state index in [1.165, 1.54) is 5.56 Å². The summed E-state index contributed by atoms with van der Waals surface area (Å²) in [5, 5.41) is 16.0. The summed E-state index contributed by atoms with van der Waals surface area (Å²) in [6.07, 6.45) is 7.52. The molecule has 1 atom stereocenters. The molecule has 1 aliphatic heterocycles. The smallest absolute Gasteiger partial charge is 0.317 e. The Balaban J connectivity index is 1.76. The van der Waals surface area contributed by atoms with Crippen LogP contribution in [-0.4, -0.2) is 51.6 Å². The van der Waals surface area contributed by atoms with E-state index in [2.05, 4.69) is 16.6 Å². The molecule has 6 nitrogen and oxygen atoms in total. The minimum Gasteiger partial charge on any atom is -0.396 e. The molecule has 118 valence electrons. The molecule has 21 heavy (non-hydrogen) atoms. The zero-order valence-corrected chi connectivity index (χ0v) is 13.0. The first-order valence-electron chi connectivity index (χ1n) is 7.75. The molecule has 1 aliphatic rings. The van der Waals surface area contributed by atoms with E-state index in [0.29, 0.717) is 5.92 Å². The number of hydrogen-bond acceptors (Lipinski definition) is 3. The average Bonchev–Trinajstić information content (AvgIpc) is 2.92. The van der Waals surface area contributed by atoms with Crippen molar-refractivity contribution < 1.29 is 9.90 Å². The normalized spacial score (nSPS) is 17.8. The molecule has 0 aliphatic carbocycles. The van der Waals surface area contributed by atoms with Gasteiger partial charge in [0.1, 0.15) is 0 Å². The zero-order valence-electron chi connectivity index (χ0n) is 13.0. The topological polar surface area (TPSA) is 70.4 Å². The third-order valence-electron chi connectivity index (χ3n) is 4.14. The van der Waals surface area contributed by atoms with Crippen molar-refractivity contribution in [2.75, 3.05) is 19.7 Å². The van der Waals surface area contributed by atoms with Crippen molar-refractivity contribution in [1.82, 2.24) is 20.0 Å². The van der Waals surface area contributed by atoms with Crippen LogP contribution < -0.4 is 5.32 Å². The van der Waals surface area contributed by atoms with Crippen LogP contribution in [0.15, 0.2) is 12.4 Å². The first-order chi connectivity index (χ1) is 10.1. The molecule has 2 N–H and O–H groups in total. The molecule has 1 saturated heterocycles. The molecule has 0 aromatic carbocycles. The maximum absolute atomic E-state index is 12.2. The Morgan fingerprint density at radius 3 is 2.81 bits per heavy atom. The van der Waals surface area contributed by atoms with Crippen LogP contribution >= 0.6 is 0 Å². The Hall–Kier alpha value is -1.56. The fourth-order valence-electron chi connectivity index (χ4n) is 2.84. The second-order valence-corrected chi connectivity index (χ2v) is 5.93. The summed E-state index contributed by atoms with van der Waals surface area (Å²) in [7, 11) is 1.93. The van der Waals surface area contributed by atoms with Crippen LogP contribution in [0, 0.1) is 0 Å². The van der Waals surface area contributed by atoms with E-state index in [1.807, 2.05) is 29.7 Å². The number of urea groups is 1. The fraction of sp³-hybridized carbons (Fsp3) is 0.733. The van der Waals surface area contributed by atoms with Gasteiger partial charge in [0, 0.05) is 39.0 Å². The maximum atomic E-state index is 12.2. The van der Waals surface area contributed by atoms with Crippen LogP contribution in [0.25, 0.3) is 0 Å². The lowest BCUT2D eigenvalue weighted by Crippen LogP contribution is -2.46. The highest BCUT2D eigenvalue weighted by Crippen LogP contribution is 2.27. The molecule has 2 rings (SSSR count). The number of aliphatic hydroxyl groups is 1. The molecule has 2 amide bonds. The van der Waals surface area contributed by atoms with Crippen LogP contribution in [0.3, 0.4) is 0 Å². The van der Waals surface area contributed by atoms with E-state index in [4.69, 9.17) is 5.11 Å². The number of aliphatic hydroxyl groups excluding tert-OH is 1. The third kappa shape index (κ3) is 4.46. The Labute approximate surface area is 126 Å². The predicted molar refractivity (Wildman–Crippen MR) is 81.1 cm³/mol. The SMILES string of the molecule is CC(CCCO)NC(=O)N1CCC(c2cnn(C)c2)CC1. The lowest BCUT2D eigenvalue weighted by molar-refractivity contribution is 0.177. The van der Waals surface area contributed by atoms with Crippen LogP contribution in [0.4, 0.5) is 4.79 Å². The number of nitrogens with one attached hydrogen (secondary N) is 1. The number of hydrogen-bond donors (Lipinski definition) is 2. The van der Waals surface area contributed by atoms with Crippen molar-refractivity contribution in [3.8, 4) is 0 Å². The minimum absolute atomic E-state index is 0.0186. The summed E-state index contributed by atoms with van der Waals surface area (Å²) in [4.78, 5) is 14.0. The van der Waals surface area contributed by atoms with Gasteiger partial charge in [-0.15, -0.1) is 0 Å². The molecule has 2 heterocycles. The summed E-state index contributed by atoms with van der Waals surface area (Å²) >= 11 is 0. The van der Waals surface area contributed by atoms with E-state index >= 15 is 0 Å². The Bertz CT molecular complexity index is 452. The van der Waals surface area contributed by atoms with E-state index in [1.54, 1.807) is 0 Å². The van der Waals surface area contributed by atoms with Crippen LogP contribution in [0.2, 0.25) is 0 Å². The number of likely N-dealkylation sites (tertiary alicyclic amines) is 1. The molecule has 0 spiro atoms. The molecule has 0 radical (unpaired) electrons. The van der Waals surface area contributed by atoms with Crippen LogP contribution in [0.1, 0.15) is 44.1 Å². The molecule has 0 saturated carbocycles. The number of nitrogens with zero attached hydrogens (tertiary/aromatic N) is 3. The molecule has 1 unspecified atom stereocenters. The van der Waals surface area contributed by atoms with Gasteiger partial charge in [-0.05, 0) is 44.1 Å². The molecule has 6 heteroatoms. The van der Waals surface area contributed by atoms with E-state index < -0.39 is 0 Å². The standard InChI is InChI=1S/C15H26N4O2/c1-12(4-3-9-20)17-15(21)19-7-5-13(6-8-19)14-10-16-18(2)11-14/h10-13,20H,3-9H2,1-2H3,(H,17,21). The highest BCUT2D eigenvalue weighted by molar-refractivity contribution is 5.74. The first kappa shape index (κ1) is 15.8. The largest absolute Gasteiger partial charge is 0.396 e. The van der Waals surface area contributed by atoms with Gasteiger partial charge < -0.3 is 15.3 Å². The summed E-state index contributed by atoms with van der Waals surface area (Å²) in [6.45, 7) is 3.74. The van der Waals surface area contributed by atoms with Crippen molar-refractivity contribution in [3.05, 3.63) is 18.0 Å². The van der Waals surface area contributed by atoms with E-state index in [9.17, 15) is 4.79 Å². The highest BCUT2D eigenvalue weighted by Gasteiger charge is 2.25. The fourth-order valence-corrected chi connectivity index (χ4v) is 2.84. The van der Waals surface area contributed by atoms with E-state index in [-0.39, 0.29) is 18.7 Å². The summed E-state index contributed by atoms with van der Waals surface area (Å²) in [5.41, 5.74) is 1.27. The number of amides is 2. The lowest BCUT2D eigenvalue weighted by atomic mass is 9.92. The van der Waals surface area contributed by atoms with Gasteiger partial charge in [-0.2, -0.15) is 5.10 Å². The van der Waals surface area contributed by atoms with Crippen molar-refractivity contribution in [1.29, 1.82) is 0 Å². The number of carbonyl (C=O) groups is 1. The first-order valence-corrected chi connectivity index (χ1v) is 7.75. The number of piperidine rings is 1. The van der Waals surface area contributed by atoms with Gasteiger partial charge in [0.25, 0.3) is 0 Å². The van der Waals surface area contributed by atoms with Gasteiger partial charge in [0.05, 0.1) is 6.20 Å². The Morgan fingerprint density at radius 2 is 2.24 bits per heavy atom. The lowest BCUT2D eigenvalue weighted by Gasteiger charge is -2.32. The quantitative estimate of drug-likeness (QED) is 0.864. The molecule has 1 aromatic heterocycles. The zero-order chi connectivity index (χ0) is 15.2. The maximum Gasteiger partial charge on any atom is 0.317 e. The highest BCUT2D eigenvalue weighted by atomic mass is 16.3. The summed E-state index contributed by atoms with van der Waals surface area (Å²) in [5.74, 6) is 0.509. The Kier molecular flexibility index (Phi) is 5.61. The monoisotopic (exact) mass is 294 g/mol. The summed E-state index contributed by atoms with van der Waals surface area (Å²) < 4.78 is 1.83. The van der Waals surface area contributed by atoms with Crippen molar-refractivity contribution in [2.45, 2.75) is 44.6 Å². The molecular formula is C15H26N4O2. The minimum atomic E-state index is 0.0186. The van der Waals surface area contributed by atoms with Gasteiger partial charge in [-0.1, -0.05) is 0 Å². The molecule has 1 fully saturated rings. The molecular weight excluding hydrogens is 268 g/mol. The number of aryl methyl sites for hydroxylation is 1. The van der Waals surface area contributed by atoms with E-state index in [0.717, 1.165) is 38.8 Å². The average molecular weight is 294 g/mol. The molecule has 0 bridgehead atoms. The second kappa shape index (κ2) is 7.45. The van der Waals surface area contributed by atoms with Gasteiger partial charge in [0.2, 0.25) is 0 Å². The van der Waals surface area contributed by atoms with Crippen LogP contribution in [-0.2, 0) is 7.05 Å². The molecule has 1 aromatic rings. The predicted octanol–water partition coefficient (Wildman–Crippen LogP) is 1.47. The second-order valence-electron chi connectivity index (χ2n) is 5.93. The van der Waals surface area contributed by atoms with Gasteiger partial charge in [-0.3, -0.25) is 4.68 Å². The summed E-state index contributed by atoms with van der Waals surface area (Å²) in [6, 6.07) is 0.130. The van der Waals surface area contributed by atoms with Crippen molar-refractivity contribution in [2.24, 2.45) is 7.05 Å². The number of aromatic nitrogens is 2. The van der Waals surface area contributed by atoms with Crippen molar-refractivity contribution in [3.63, 3.8) is 0 Å². The van der Waals surface area contributed by atoms with Crippen LogP contribution in [0.5, 0.6) is 0 Å². The Morgan fingerprint density at radius 1 is 1.52 bits per heavy atom. The number of carbonyl (C=O) groups excluding carboxylic acids is 1. The number of rotatable bonds is 5. The van der Waals surface area contributed by atoms with Gasteiger partial charge in [0.15, 0.2) is 0 Å². The van der Waals surface area contributed by atoms with Gasteiger partial charge >= 0.3 is 6.03 Å². The van der Waals surface area contributed by atoms with Crippen molar-refractivity contribution >= 4 is 6.03 Å². The third-order valence-corrected chi connectivity index (χ3v) is 4.14.